The lowest BCUT2D eigenvalue weighted by molar-refractivity contribution is 0.0988. The molecule has 6 heteroatoms. The molecule has 1 aromatic rings. The van der Waals surface area contributed by atoms with E-state index in [-0.39, 0.29) is 12.4 Å². The fourth-order valence-electron chi connectivity index (χ4n) is 2.89. The third kappa shape index (κ3) is 4.06. The fraction of sp³-hybridized carbons (Fsp3) is 0.692. The van der Waals surface area contributed by atoms with Crippen LogP contribution in [0, 0.1) is 0 Å². The Labute approximate surface area is 130 Å². The van der Waals surface area contributed by atoms with E-state index in [1.165, 1.54) is 50.6 Å². The number of halogens is 2. The zero-order valence-electron chi connectivity index (χ0n) is 11.0. The van der Waals surface area contributed by atoms with Gasteiger partial charge in [-0.15, -0.1) is 23.7 Å². The predicted molar refractivity (Wildman–Crippen MR) is 84.7 cm³/mol. The number of piperazine rings is 1. The van der Waals surface area contributed by atoms with E-state index in [0.717, 1.165) is 16.9 Å². The van der Waals surface area contributed by atoms with Gasteiger partial charge in [-0.2, -0.15) is 0 Å². The number of hydrogen-bond acceptors (Lipinski definition) is 4. The van der Waals surface area contributed by atoms with Crippen molar-refractivity contribution in [3.63, 3.8) is 0 Å². The monoisotopic (exact) mass is 321 g/mol. The van der Waals surface area contributed by atoms with Crippen LogP contribution in [0.15, 0.2) is 12.1 Å². The van der Waals surface area contributed by atoms with Gasteiger partial charge in [0.05, 0.1) is 4.34 Å². The zero-order valence-corrected chi connectivity index (χ0v) is 13.4. The van der Waals surface area contributed by atoms with Crippen molar-refractivity contribution >= 4 is 35.3 Å². The molecule has 108 valence electrons. The number of hydrogen-bond donors (Lipinski definition) is 1. The Balaban J connectivity index is 0.00000133. The standard InChI is InChI=1S/C13H20ClN3S.ClH/c14-13-2-1-12(18-13)10-16-5-7-17(8-6-16)11-3-4-15-9-11;/h1-2,11,15H,3-10H2;1H. The molecule has 0 amide bonds. The molecule has 0 radical (unpaired) electrons. The highest BCUT2D eigenvalue weighted by Gasteiger charge is 2.25. The molecule has 1 unspecified atom stereocenters. The first-order valence-electron chi connectivity index (χ1n) is 6.72. The van der Waals surface area contributed by atoms with Crippen molar-refractivity contribution in [1.82, 2.24) is 15.1 Å². The molecule has 0 bridgehead atoms. The molecule has 1 N–H and O–H groups in total. The summed E-state index contributed by atoms with van der Waals surface area (Å²) < 4.78 is 0.903. The molecular weight excluding hydrogens is 301 g/mol. The van der Waals surface area contributed by atoms with Crippen LogP contribution < -0.4 is 5.32 Å². The third-order valence-electron chi connectivity index (χ3n) is 3.97. The lowest BCUT2D eigenvalue weighted by Gasteiger charge is -2.37. The summed E-state index contributed by atoms with van der Waals surface area (Å²) in [6, 6.07) is 4.94. The molecule has 3 heterocycles. The molecule has 0 spiro atoms. The molecule has 0 aliphatic carbocycles. The molecule has 2 saturated heterocycles. The average molecular weight is 322 g/mol. The lowest BCUT2D eigenvalue weighted by Crippen LogP contribution is -2.50. The smallest absolute Gasteiger partial charge is 0.0931 e. The van der Waals surface area contributed by atoms with Gasteiger partial charge in [-0.3, -0.25) is 9.80 Å². The summed E-state index contributed by atoms with van der Waals surface area (Å²) in [5, 5.41) is 3.46. The summed E-state index contributed by atoms with van der Waals surface area (Å²) in [7, 11) is 0. The Morgan fingerprint density at radius 2 is 2.05 bits per heavy atom. The van der Waals surface area contributed by atoms with E-state index < -0.39 is 0 Å². The fourth-order valence-corrected chi connectivity index (χ4v) is 4.02. The van der Waals surface area contributed by atoms with E-state index in [0.29, 0.717) is 0 Å². The van der Waals surface area contributed by atoms with Crippen LogP contribution in [-0.2, 0) is 6.54 Å². The normalized spacial score (nSPS) is 25.4. The molecule has 1 atom stereocenters. The van der Waals surface area contributed by atoms with E-state index in [1.54, 1.807) is 11.3 Å². The van der Waals surface area contributed by atoms with E-state index in [9.17, 15) is 0 Å². The van der Waals surface area contributed by atoms with Crippen molar-refractivity contribution in [2.75, 3.05) is 39.3 Å². The zero-order chi connectivity index (χ0) is 12.4. The highest BCUT2D eigenvalue weighted by molar-refractivity contribution is 7.16. The molecule has 2 fully saturated rings. The Hall–Kier alpha value is 0.160. The first-order chi connectivity index (χ1) is 8.81. The van der Waals surface area contributed by atoms with Crippen molar-refractivity contribution < 1.29 is 0 Å². The van der Waals surface area contributed by atoms with Gasteiger partial charge in [0.1, 0.15) is 0 Å². The minimum atomic E-state index is 0. The minimum absolute atomic E-state index is 0. The molecule has 0 saturated carbocycles. The van der Waals surface area contributed by atoms with Crippen LogP contribution in [-0.4, -0.2) is 55.1 Å². The Bertz CT molecular complexity index is 385. The summed E-state index contributed by atoms with van der Waals surface area (Å²) in [5.41, 5.74) is 0. The SMILES string of the molecule is Cl.Clc1ccc(CN2CCN(C3CCNC3)CC2)s1. The van der Waals surface area contributed by atoms with Crippen LogP contribution in [0.3, 0.4) is 0 Å². The molecule has 3 nitrogen and oxygen atoms in total. The molecule has 3 rings (SSSR count). The van der Waals surface area contributed by atoms with Crippen LogP contribution in [0.5, 0.6) is 0 Å². The maximum atomic E-state index is 5.97. The van der Waals surface area contributed by atoms with E-state index in [2.05, 4.69) is 21.2 Å². The first kappa shape index (κ1) is 15.5. The Kier molecular flexibility index (Phi) is 5.93. The lowest BCUT2D eigenvalue weighted by atomic mass is 10.2. The van der Waals surface area contributed by atoms with Gasteiger partial charge in [-0.25, -0.2) is 0 Å². The highest BCUT2D eigenvalue weighted by atomic mass is 35.5. The van der Waals surface area contributed by atoms with E-state index >= 15 is 0 Å². The molecule has 1 aromatic heterocycles. The van der Waals surface area contributed by atoms with Crippen molar-refractivity contribution in [3.8, 4) is 0 Å². The maximum absolute atomic E-state index is 5.97. The highest BCUT2D eigenvalue weighted by Crippen LogP contribution is 2.23. The van der Waals surface area contributed by atoms with Crippen LogP contribution in [0.25, 0.3) is 0 Å². The average Bonchev–Trinajstić information content (AvgIpc) is 3.02. The van der Waals surface area contributed by atoms with Gasteiger partial charge in [0.2, 0.25) is 0 Å². The van der Waals surface area contributed by atoms with Crippen molar-refractivity contribution in [1.29, 1.82) is 0 Å². The third-order valence-corrected chi connectivity index (χ3v) is 5.18. The van der Waals surface area contributed by atoms with Gasteiger partial charge in [0, 0.05) is 50.2 Å². The van der Waals surface area contributed by atoms with Crippen LogP contribution in [0.4, 0.5) is 0 Å². The second-order valence-electron chi connectivity index (χ2n) is 5.16. The predicted octanol–water partition coefficient (Wildman–Crippen LogP) is 2.30. The Morgan fingerprint density at radius 3 is 2.63 bits per heavy atom. The summed E-state index contributed by atoms with van der Waals surface area (Å²) in [5.74, 6) is 0. The van der Waals surface area contributed by atoms with Crippen LogP contribution in [0.2, 0.25) is 4.34 Å². The van der Waals surface area contributed by atoms with Gasteiger partial charge < -0.3 is 5.32 Å². The number of nitrogens with one attached hydrogen (secondary N) is 1. The summed E-state index contributed by atoms with van der Waals surface area (Å²) in [6.45, 7) is 8.24. The van der Waals surface area contributed by atoms with Crippen molar-refractivity contribution in [3.05, 3.63) is 21.3 Å². The van der Waals surface area contributed by atoms with Gasteiger partial charge in [-0.05, 0) is 25.1 Å². The second kappa shape index (κ2) is 7.25. The topological polar surface area (TPSA) is 18.5 Å². The Morgan fingerprint density at radius 1 is 1.26 bits per heavy atom. The van der Waals surface area contributed by atoms with Crippen molar-refractivity contribution in [2.45, 2.75) is 19.0 Å². The first-order valence-corrected chi connectivity index (χ1v) is 7.92. The summed E-state index contributed by atoms with van der Waals surface area (Å²) >= 11 is 7.68. The van der Waals surface area contributed by atoms with Crippen molar-refractivity contribution in [2.24, 2.45) is 0 Å². The van der Waals surface area contributed by atoms with Crippen LogP contribution in [0.1, 0.15) is 11.3 Å². The maximum Gasteiger partial charge on any atom is 0.0931 e. The molecule has 0 aromatic carbocycles. The van der Waals surface area contributed by atoms with Gasteiger partial charge in [-0.1, -0.05) is 11.6 Å². The summed E-state index contributed by atoms with van der Waals surface area (Å²) in [4.78, 5) is 6.58. The van der Waals surface area contributed by atoms with Crippen LogP contribution >= 0.6 is 35.3 Å². The number of thiophene rings is 1. The van der Waals surface area contributed by atoms with E-state index in [4.69, 9.17) is 11.6 Å². The van der Waals surface area contributed by atoms with Gasteiger partial charge >= 0.3 is 0 Å². The number of nitrogens with zero attached hydrogens (tertiary/aromatic N) is 2. The molecule has 19 heavy (non-hydrogen) atoms. The summed E-state index contributed by atoms with van der Waals surface area (Å²) in [6.07, 6.45) is 1.32. The molecule has 2 aliphatic rings. The molecule has 2 aliphatic heterocycles. The molecular formula is C13H21Cl2N3S. The number of rotatable bonds is 3. The minimum Gasteiger partial charge on any atom is -0.315 e. The quantitative estimate of drug-likeness (QED) is 0.921. The van der Waals surface area contributed by atoms with Gasteiger partial charge in [0.15, 0.2) is 0 Å². The van der Waals surface area contributed by atoms with E-state index in [1.807, 2.05) is 6.07 Å². The second-order valence-corrected chi connectivity index (χ2v) is 6.96. The largest absolute Gasteiger partial charge is 0.315 e. The van der Waals surface area contributed by atoms with Gasteiger partial charge in [0.25, 0.3) is 0 Å².